The van der Waals surface area contributed by atoms with Gasteiger partial charge in [-0.15, -0.1) is 0 Å². The van der Waals surface area contributed by atoms with Crippen molar-refractivity contribution in [2.45, 2.75) is 20.4 Å². The van der Waals surface area contributed by atoms with Crippen LogP contribution >= 0.6 is 0 Å². The smallest absolute Gasteiger partial charge is 0.162 e. The van der Waals surface area contributed by atoms with Crippen molar-refractivity contribution in [2.75, 3.05) is 6.61 Å². The lowest BCUT2D eigenvalue weighted by Crippen LogP contribution is -2.10. The summed E-state index contributed by atoms with van der Waals surface area (Å²) in [5.74, 6) is 0.997. The molecule has 0 fully saturated rings. The molecular weight excluding hydrogens is 322 g/mol. The van der Waals surface area contributed by atoms with Gasteiger partial charge in [-0.3, -0.25) is 4.79 Å². The molecule has 3 heteroatoms. The first-order valence-corrected chi connectivity index (χ1v) is 8.86. The second-order valence-corrected chi connectivity index (χ2v) is 6.51. The summed E-state index contributed by atoms with van der Waals surface area (Å²) in [7, 11) is 0. The maximum Gasteiger partial charge on any atom is 0.162 e. The first-order valence-electron chi connectivity index (χ1n) is 8.86. The van der Waals surface area contributed by atoms with E-state index in [0.717, 1.165) is 33.3 Å². The summed E-state index contributed by atoms with van der Waals surface area (Å²) in [4.78, 5) is 12.1. The van der Waals surface area contributed by atoms with Crippen LogP contribution in [0.25, 0.3) is 21.7 Å². The molecule has 0 bridgehead atoms. The zero-order chi connectivity index (χ0) is 18.1. The molecule has 4 rings (SSSR count). The van der Waals surface area contributed by atoms with Crippen molar-refractivity contribution in [3.63, 3.8) is 0 Å². The molecule has 0 aliphatic carbocycles. The van der Waals surface area contributed by atoms with Crippen LogP contribution in [-0.4, -0.2) is 17.0 Å². The number of hydrogen-bond acceptors (Lipinski definition) is 2. The molecule has 0 radical (unpaired) electrons. The van der Waals surface area contributed by atoms with Crippen LogP contribution in [0.5, 0.6) is 5.75 Å². The van der Waals surface area contributed by atoms with E-state index in [1.54, 1.807) is 6.92 Å². The van der Waals surface area contributed by atoms with Crippen LogP contribution < -0.4 is 4.74 Å². The van der Waals surface area contributed by atoms with E-state index in [-0.39, 0.29) is 5.78 Å². The van der Waals surface area contributed by atoms with E-state index >= 15 is 0 Å². The molecule has 26 heavy (non-hydrogen) atoms. The lowest BCUT2D eigenvalue weighted by atomic mass is 10.1. The van der Waals surface area contributed by atoms with Crippen LogP contribution in [0.15, 0.2) is 66.7 Å². The van der Waals surface area contributed by atoms with Crippen molar-refractivity contribution < 1.29 is 9.53 Å². The van der Waals surface area contributed by atoms with Gasteiger partial charge in [0.1, 0.15) is 12.4 Å². The van der Waals surface area contributed by atoms with E-state index in [9.17, 15) is 4.79 Å². The summed E-state index contributed by atoms with van der Waals surface area (Å²) >= 11 is 0. The molecule has 0 atom stereocenters. The summed E-state index contributed by atoms with van der Waals surface area (Å²) in [6, 6.07) is 22.4. The predicted octanol–water partition coefficient (Wildman–Crippen LogP) is 5.38. The first-order chi connectivity index (χ1) is 12.7. The lowest BCUT2D eigenvalue weighted by molar-refractivity contribution is 0.101. The Bertz CT molecular complexity index is 1100. The Morgan fingerprint density at radius 3 is 2.42 bits per heavy atom. The minimum Gasteiger partial charge on any atom is -0.491 e. The lowest BCUT2D eigenvalue weighted by Gasteiger charge is -2.12. The molecule has 3 aromatic carbocycles. The van der Waals surface area contributed by atoms with Gasteiger partial charge in [0.25, 0.3) is 0 Å². The largest absolute Gasteiger partial charge is 0.491 e. The Morgan fingerprint density at radius 1 is 0.923 bits per heavy atom. The van der Waals surface area contributed by atoms with Gasteiger partial charge in [0, 0.05) is 27.5 Å². The highest BCUT2D eigenvalue weighted by molar-refractivity contribution is 6.08. The molecule has 0 N–H and O–H groups in total. The van der Waals surface area contributed by atoms with E-state index < -0.39 is 0 Å². The molecule has 0 aliphatic rings. The molecule has 0 spiro atoms. The van der Waals surface area contributed by atoms with E-state index in [0.29, 0.717) is 13.2 Å². The second-order valence-electron chi connectivity index (χ2n) is 6.51. The monoisotopic (exact) mass is 343 g/mol. The number of fused-ring (bicyclic) bond motifs is 2. The third kappa shape index (κ3) is 2.76. The van der Waals surface area contributed by atoms with Crippen molar-refractivity contribution in [1.82, 2.24) is 4.57 Å². The average Bonchev–Trinajstić information content (AvgIpc) is 2.94. The van der Waals surface area contributed by atoms with Crippen molar-refractivity contribution in [2.24, 2.45) is 0 Å². The molecule has 1 heterocycles. The topological polar surface area (TPSA) is 31.2 Å². The van der Waals surface area contributed by atoms with E-state index in [4.69, 9.17) is 4.74 Å². The summed E-state index contributed by atoms with van der Waals surface area (Å²) in [5.41, 5.74) is 2.89. The van der Waals surface area contributed by atoms with Gasteiger partial charge in [0.05, 0.1) is 6.54 Å². The maximum absolute atomic E-state index is 12.1. The summed E-state index contributed by atoms with van der Waals surface area (Å²) in [6.45, 7) is 4.88. The van der Waals surface area contributed by atoms with Gasteiger partial charge in [0.15, 0.2) is 5.78 Å². The Morgan fingerprint density at radius 2 is 1.62 bits per heavy atom. The normalized spacial score (nSPS) is 11.2. The number of carbonyl (C=O) groups is 1. The van der Waals surface area contributed by atoms with Crippen molar-refractivity contribution in [3.05, 3.63) is 78.0 Å². The third-order valence-corrected chi connectivity index (χ3v) is 4.91. The van der Waals surface area contributed by atoms with Gasteiger partial charge in [-0.25, -0.2) is 0 Å². The van der Waals surface area contributed by atoms with Crippen molar-refractivity contribution in [3.8, 4) is 5.75 Å². The van der Waals surface area contributed by atoms with Crippen molar-refractivity contribution >= 4 is 27.5 Å². The number of ketones is 1. The Balaban J connectivity index is 1.62. The van der Waals surface area contributed by atoms with Crippen LogP contribution in [0.1, 0.15) is 23.0 Å². The molecule has 130 valence electrons. The number of ether oxygens (including phenoxy) is 1. The van der Waals surface area contributed by atoms with Crippen LogP contribution in [0, 0.1) is 6.92 Å². The number of rotatable bonds is 5. The van der Waals surface area contributed by atoms with Crippen LogP contribution in [-0.2, 0) is 6.54 Å². The molecule has 0 unspecified atom stereocenters. The number of aromatic nitrogens is 1. The quantitative estimate of drug-likeness (QED) is 0.455. The molecule has 1 aromatic heterocycles. The molecule has 0 amide bonds. The van der Waals surface area contributed by atoms with E-state index in [2.05, 4.69) is 28.8 Å². The minimum atomic E-state index is 0.104. The van der Waals surface area contributed by atoms with E-state index in [1.807, 2.05) is 49.4 Å². The number of para-hydroxylation sites is 1. The second kappa shape index (κ2) is 6.68. The molecule has 3 nitrogen and oxygen atoms in total. The third-order valence-electron chi connectivity index (χ3n) is 4.91. The number of carbonyl (C=O) groups excluding carboxylic acids is 1. The number of Topliss-reactive ketones (excluding diaryl/α,β-unsaturated/α-hetero) is 1. The SMILES string of the molecule is CC(=O)c1c(C)n(CCOc2cccc3ccccc23)c2ccccc12. The Hall–Kier alpha value is -3.07. The fraction of sp³-hybridized carbons (Fsp3) is 0.174. The van der Waals surface area contributed by atoms with E-state index in [1.165, 1.54) is 5.39 Å². The van der Waals surface area contributed by atoms with Crippen LogP contribution in [0.2, 0.25) is 0 Å². The van der Waals surface area contributed by atoms with Gasteiger partial charge >= 0.3 is 0 Å². The standard InChI is InChI=1S/C23H21NO2/c1-16-23(17(2)25)20-11-5-6-12-21(20)24(16)14-15-26-22-13-7-9-18-8-3-4-10-19(18)22/h3-13H,14-15H2,1-2H3. The van der Waals surface area contributed by atoms with Gasteiger partial charge in [-0.05, 0) is 31.4 Å². The van der Waals surface area contributed by atoms with Crippen LogP contribution in [0.4, 0.5) is 0 Å². The average molecular weight is 343 g/mol. The maximum atomic E-state index is 12.1. The first kappa shape index (κ1) is 16.4. The van der Waals surface area contributed by atoms with Crippen LogP contribution in [0.3, 0.4) is 0 Å². The fourth-order valence-corrected chi connectivity index (χ4v) is 3.73. The fourth-order valence-electron chi connectivity index (χ4n) is 3.73. The number of nitrogens with zero attached hydrogens (tertiary/aromatic N) is 1. The Labute approximate surface area is 152 Å². The number of benzene rings is 3. The predicted molar refractivity (Wildman–Crippen MR) is 106 cm³/mol. The highest BCUT2D eigenvalue weighted by Gasteiger charge is 2.16. The molecule has 0 saturated heterocycles. The van der Waals surface area contributed by atoms with Gasteiger partial charge in [0.2, 0.25) is 0 Å². The molecule has 0 aliphatic heterocycles. The zero-order valence-corrected chi connectivity index (χ0v) is 15.0. The summed E-state index contributed by atoms with van der Waals surface area (Å²) in [6.07, 6.45) is 0. The summed E-state index contributed by atoms with van der Waals surface area (Å²) < 4.78 is 8.27. The van der Waals surface area contributed by atoms with Gasteiger partial charge in [-0.1, -0.05) is 54.6 Å². The van der Waals surface area contributed by atoms with Gasteiger partial charge < -0.3 is 9.30 Å². The molecular formula is C23H21NO2. The summed E-state index contributed by atoms with van der Waals surface area (Å²) in [5, 5.41) is 3.31. The minimum absolute atomic E-state index is 0.104. The van der Waals surface area contributed by atoms with Crippen molar-refractivity contribution in [1.29, 1.82) is 0 Å². The highest BCUT2D eigenvalue weighted by Crippen LogP contribution is 2.27. The zero-order valence-electron chi connectivity index (χ0n) is 15.0. The highest BCUT2D eigenvalue weighted by atomic mass is 16.5. The Kier molecular flexibility index (Phi) is 4.21. The number of hydrogen-bond donors (Lipinski definition) is 0. The van der Waals surface area contributed by atoms with Gasteiger partial charge in [-0.2, -0.15) is 0 Å². The molecule has 4 aromatic rings. The molecule has 0 saturated carbocycles.